The van der Waals surface area contributed by atoms with Crippen molar-refractivity contribution in [2.75, 3.05) is 16.2 Å². The van der Waals surface area contributed by atoms with Gasteiger partial charge in [-0.1, -0.05) is 11.6 Å². The van der Waals surface area contributed by atoms with Crippen LogP contribution in [0.15, 0.2) is 65.0 Å². The van der Waals surface area contributed by atoms with Crippen molar-refractivity contribution in [3.63, 3.8) is 0 Å². The zero-order chi connectivity index (χ0) is 20.4. The highest BCUT2D eigenvalue weighted by molar-refractivity contribution is 7.93. The quantitative estimate of drug-likeness (QED) is 0.611. The van der Waals surface area contributed by atoms with Crippen LogP contribution >= 0.6 is 22.9 Å². The van der Waals surface area contributed by atoms with Gasteiger partial charge in [-0.05, 0) is 48.5 Å². The van der Waals surface area contributed by atoms with Gasteiger partial charge in [-0.3, -0.25) is 9.52 Å². The van der Waals surface area contributed by atoms with Gasteiger partial charge in [0.05, 0.1) is 4.90 Å². The molecule has 2 heterocycles. The normalized spacial score (nSPS) is 16.8. The van der Waals surface area contributed by atoms with E-state index in [1.54, 1.807) is 46.7 Å². The third-order valence-corrected chi connectivity index (χ3v) is 6.79. The maximum absolute atomic E-state index is 12.7. The molecule has 1 aliphatic rings. The van der Waals surface area contributed by atoms with Crippen molar-refractivity contribution < 1.29 is 19.4 Å². The number of rotatable bonds is 6. The topological polar surface area (TPSA) is 88.6 Å². The highest BCUT2D eigenvalue weighted by atomic mass is 35.5. The van der Waals surface area contributed by atoms with Crippen LogP contribution in [0, 0.1) is 0 Å². The Labute approximate surface area is 178 Å². The highest BCUT2D eigenvalue weighted by Gasteiger charge is 2.34. The lowest BCUT2D eigenvalue weighted by molar-refractivity contribution is -0.122. The third kappa shape index (κ3) is 4.36. The van der Waals surface area contributed by atoms with Gasteiger partial charge < -0.3 is 9.64 Å². The molecule has 1 aromatic heterocycles. The number of ether oxygens (including phenoxy) is 1. The van der Waals surface area contributed by atoms with Crippen molar-refractivity contribution in [3.05, 3.63) is 65.1 Å². The molecule has 1 saturated heterocycles. The fraction of sp³-hybridized carbons (Fsp3) is 0.158. The van der Waals surface area contributed by atoms with E-state index >= 15 is 0 Å². The maximum Gasteiger partial charge on any atom is 0.268 e. The zero-order valence-corrected chi connectivity index (χ0v) is 17.4. The Morgan fingerprint density at radius 1 is 1.17 bits per heavy atom. The summed E-state index contributed by atoms with van der Waals surface area (Å²) in [5, 5.41) is 2.57. The van der Waals surface area contributed by atoms with E-state index in [9.17, 15) is 13.2 Å². The first-order chi connectivity index (χ1) is 13.9. The summed E-state index contributed by atoms with van der Waals surface area (Å²) in [5.74, 6) is 0.403. The first-order valence-electron chi connectivity index (χ1n) is 8.68. The first kappa shape index (κ1) is 19.7. The largest absolute Gasteiger partial charge is 0.481 e. The van der Waals surface area contributed by atoms with Gasteiger partial charge in [0.2, 0.25) is 0 Å². The van der Waals surface area contributed by atoms with Crippen LogP contribution in [0.25, 0.3) is 0 Å². The molecule has 0 unspecified atom stereocenters. The Morgan fingerprint density at radius 2 is 1.90 bits per heavy atom. The summed E-state index contributed by atoms with van der Waals surface area (Å²) in [6.07, 6.45) is 1.46. The Kier molecular flexibility index (Phi) is 5.44. The highest BCUT2D eigenvalue weighted by Crippen LogP contribution is 2.27. The molecule has 1 atom stereocenters. The van der Waals surface area contributed by atoms with E-state index < -0.39 is 16.1 Å². The molecule has 0 saturated carbocycles. The summed E-state index contributed by atoms with van der Waals surface area (Å²) >= 11 is 7.06. The Bertz CT molecular complexity index is 1110. The molecule has 0 radical (unpaired) electrons. The van der Waals surface area contributed by atoms with Gasteiger partial charge in [0.15, 0.2) is 11.2 Å². The van der Waals surface area contributed by atoms with Gasteiger partial charge in [-0.25, -0.2) is 13.4 Å². The number of hydrogen-bond donors (Lipinski definition) is 1. The van der Waals surface area contributed by atoms with E-state index in [0.717, 1.165) is 0 Å². The molecule has 1 N–H and O–H groups in total. The molecule has 1 fully saturated rings. The summed E-state index contributed by atoms with van der Waals surface area (Å²) in [4.78, 5) is 18.3. The maximum atomic E-state index is 12.7. The molecule has 1 aliphatic heterocycles. The third-order valence-electron chi connectivity index (χ3n) is 4.36. The molecule has 10 heteroatoms. The number of aromatic nitrogens is 1. The number of nitrogens with zero attached hydrogens (tertiary/aromatic N) is 2. The predicted molar refractivity (Wildman–Crippen MR) is 114 cm³/mol. The minimum absolute atomic E-state index is 0. The number of sulfonamides is 1. The minimum Gasteiger partial charge on any atom is -0.481 e. The molecule has 0 spiro atoms. The second-order valence-corrected chi connectivity index (χ2v) is 9.29. The average molecular weight is 452 g/mol. The molecule has 0 aliphatic carbocycles. The second-order valence-electron chi connectivity index (χ2n) is 6.28. The molecule has 7 nitrogen and oxygen atoms in total. The van der Waals surface area contributed by atoms with E-state index in [1.165, 1.54) is 29.7 Å². The molecular weight excluding hydrogens is 434 g/mol. The number of thiazole rings is 1. The van der Waals surface area contributed by atoms with E-state index in [-0.39, 0.29) is 12.2 Å². The van der Waals surface area contributed by atoms with Crippen molar-refractivity contribution in [2.24, 2.45) is 0 Å². The molecular formula is C19H18ClN3O4S2. The van der Waals surface area contributed by atoms with Gasteiger partial charge in [0.25, 0.3) is 15.9 Å². The zero-order valence-electron chi connectivity index (χ0n) is 15.0. The summed E-state index contributed by atoms with van der Waals surface area (Å²) in [6, 6.07) is 13.0. The molecule has 29 heavy (non-hydrogen) atoms. The summed E-state index contributed by atoms with van der Waals surface area (Å²) in [5.41, 5.74) is 0.616. The number of benzene rings is 2. The number of hydrogen-bond acceptors (Lipinski definition) is 6. The average Bonchev–Trinajstić information content (AvgIpc) is 3.34. The van der Waals surface area contributed by atoms with Crippen molar-refractivity contribution in [2.45, 2.75) is 17.4 Å². The van der Waals surface area contributed by atoms with Gasteiger partial charge >= 0.3 is 0 Å². The second kappa shape index (κ2) is 8.02. The van der Waals surface area contributed by atoms with Crippen LogP contribution in [-0.4, -0.2) is 32.0 Å². The summed E-state index contributed by atoms with van der Waals surface area (Å²) < 4.78 is 33.0. The first-order valence-corrected chi connectivity index (χ1v) is 11.4. The molecule has 1 amide bonds. The van der Waals surface area contributed by atoms with Gasteiger partial charge in [-0.15, -0.1) is 11.3 Å². The molecule has 152 valence electrons. The Hall–Kier alpha value is -2.62. The molecule has 2 aromatic carbocycles. The van der Waals surface area contributed by atoms with Crippen LogP contribution in [0.4, 0.5) is 10.8 Å². The van der Waals surface area contributed by atoms with Crippen LogP contribution in [-0.2, 0) is 14.8 Å². The van der Waals surface area contributed by atoms with E-state index in [4.69, 9.17) is 16.3 Å². The number of carbonyl (C=O) groups excluding carboxylic acids is 1. The molecule has 4 rings (SSSR count). The van der Waals surface area contributed by atoms with Crippen LogP contribution in [0.1, 0.15) is 7.85 Å². The lowest BCUT2D eigenvalue weighted by Crippen LogP contribution is -2.32. The number of halogens is 1. The monoisotopic (exact) mass is 451 g/mol. The Balaban J connectivity index is 0.00000256. The predicted octanol–water partition coefficient (Wildman–Crippen LogP) is 4.03. The van der Waals surface area contributed by atoms with Crippen molar-refractivity contribution in [3.8, 4) is 5.75 Å². The van der Waals surface area contributed by atoms with Crippen molar-refractivity contribution >= 4 is 49.7 Å². The standard InChI is InChI=1S/C19H16ClN3O4S2.H2/c20-13-1-5-15(6-2-13)27-17-9-11-23(18(17)24)14-3-7-16(8-4-14)29(25,26)22-19-21-10-12-28-19;/h1-8,10,12,17H,9,11H2,(H,21,22);1H/t17-;/m0./s1. The summed E-state index contributed by atoms with van der Waals surface area (Å²) in [6.45, 7) is 0.487. The minimum atomic E-state index is -3.73. The van der Waals surface area contributed by atoms with Crippen molar-refractivity contribution in [1.82, 2.24) is 4.98 Å². The molecule has 0 bridgehead atoms. The number of carbonyl (C=O) groups is 1. The van der Waals surface area contributed by atoms with Crippen molar-refractivity contribution in [1.29, 1.82) is 0 Å². The van der Waals surface area contributed by atoms with Gasteiger partial charge in [0.1, 0.15) is 5.75 Å². The lowest BCUT2D eigenvalue weighted by Gasteiger charge is -2.18. The smallest absolute Gasteiger partial charge is 0.268 e. The Morgan fingerprint density at radius 3 is 2.55 bits per heavy atom. The van der Waals surface area contributed by atoms with E-state index in [0.29, 0.717) is 34.6 Å². The van der Waals surface area contributed by atoms with Crippen LogP contribution in [0.3, 0.4) is 0 Å². The lowest BCUT2D eigenvalue weighted by atomic mass is 10.3. The number of nitrogens with one attached hydrogen (secondary N) is 1. The van der Waals surface area contributed by atoms with E-state index in [2.05, 4.69) is 9.71 Å². The summed E-state index contributed by atoms with van der Waals surface area (Å²) in [7, 11) is -3.73. The molecule has 3 aromatic rings. The number of anilines is 2. The fourth-order valence-electron chi connectivity index (χ4n) is 2.95. The van der Waals surface area contributed by atoms with Gasteiger partial charge in [-0.2, -0.15) is 0 Å². The SMILES string of the molecule is O=C1[C@@H](Oc2ccc(Cl)cc2)CCN1c1ccc(S(=O)(=O)Nc2nccs2)cc1.[HH]. The number of amides is 1. The fourth-order valence-corrected chi connectivity index (χ4v) is 4.86. The van der Waals surface area contributed by atoms with Crippen LogP contribution < -0.4 is 14.4 Å². The van der Waals surface area contributed by atoms with Crippen LogP contribution in [0.2, 0.25) is 5.02 Å². The van der Waals surface area contributed by atoms with Gasteiger partial charge in [0, 0.05) is 36.7 Å². The van der Waals surface area contributed by atoms with E-state index in [1.807, 2.05) is 0 Å². The van der Waals surface area contributed by atoms with Crippen LogP contribution in [0.5, 0.6) is 5.75 Å².